The third kappa shape index (κ3) is 29.7. The van der Waals surface area contributed by atoms with E-state index in [0.717, 1.165) is 0 Å². The van der Waals surface area contributed by atoms with Gasteiger partial charge in [-0.2, -0.15) is 0 Å². The molecular weight excluding hydrogens is 1090 g/mol. The molecule has 2 aromatic heterocycles. The van der Waals surface area contributed by atoms with Crippen LogP contribution in [0.3, 0.4) is 0 Å². The van der Waals surface area contributed by atoms with Crippen molar-refractivity contribution in [2.45, 2.75) is 103 Å². The van der Waals surface area contributed by atoms with Gasteiger partial charge in [-0.3, -0.25) is 76.7 Å². The minimum Gasteiger partial charge on any atom is -0.480 e. The Labute approximate surface area is 466 Å². The van der Waals surface area contributed by atoms with Crippen molar-refractivity contribution in [2.75, 3.05) is 39.3 Å². The number of hydrogen-bond acceptors (Lipinski definition) is 18. The van der Waals surface area contributed by atoms with Gasteiger partial charge in [0.25, 0.3) is 11.8 Å². The molecule has 36 nitrogen and oxygen atoms in total. The maximum Gasteiger partial charge on any atom is 0.325 e. The molecule has 0 aliphatic carbocycles. The van der Waals surface area contributed by atoms with E-state index in [0.29, 0.717) is 11.3 Å². The molecular formula is C46H70N18O18. The number of rotatable bonds is 34. The fourth-order valence-corrected chi connectivity index (χ4v) is 5.90. The predicted octanol–water partition coefficient (Wildman–Crippen LogP) is -9.44. The monoisotopic (exact) mass is 1160 g/mol. The van der Waals surface area contributed by atoms with Crippen LogP contribution in [-0.4, -0.2) is 190 Å². The second-order valence-electron chi connectivity index (χ2n) is 17.7. The summed E-state index contributed by atoms with van der Waals surface area (Å²) in [5.41, 5.74) is 22.3. The van der Waals surface area contributed by atoms with Gasteiger partial charge >= 0.3 is 11.9 Å². The highest BCUT2D eigenvalue weighted by molar-refractivity contribution is 5.97. The van der Waals surface area contributed by atoms with E-state index in [2.05, 4.69) is 73.8 Å². The smallest absolute Gasteiger partial charge is 0.325 e. The van der Waals surface area contributed by atoms with Gasteiger partial charge in [0, 0.05) is 31.3 Å². The van der Waals surface area contributed by atoms with E-state index < -0.39 is 170 Å². The average Bonchev–Trinajstić information content (AvgIpc) is 4.12. The van der Waals surface area contributed by atoms with Gasteiger partial charge in [0.15, 0.2) is 0 Å². The lowest BCUT2D eigenvalue weighted by atomic mass is 10.1. The number of nitrogens with two attached hydrogens (primary N) is 4. The largest absolute Gasteiger partial charge is 0.480 e. The first kappa shape index (κ1) is 70.0. The summed E-state index contributed by atoms with van der Waals surface area (Å²) < 4.78 is 0. The Bertz CT molecular complexity index is 2480. The lowest BCUT2D eigenvalue weighted by molar-refractivity contribution is -0.141. The van der Waals surface area contributed by atoms with Crippen molar-refractivity contribution in [1.82, 2.24) is 73.8 Å². The zero-order chi connectivity index (χ0) is 62.2. The van der Waals surface area contributed by atoms with Gasteiger partial charge in [0.1, 0.15) is 35.6 Å². The number of aliphatic carboxylic acids is 2. The third-order valence-corrected chi connectivity index (χ3v) is 10.6. The van der Waals surface area contributed by atoms with Crippen molar-refractivity contribution >= 4 is 94.6 Å². The third-order valence-electron chi connectivity index (χ3n) is 10.6. The summed E-state index contributed by atoms with van der Waals surface area (Å²) in [7, 11) is 0. The fourth-order valence-electron chi connectivity index (χ4n) is 5.90. The molecule has 14 amide bonds. The number of primary amides is 2. The Morgan fingerprint density at radius 3 is 1.22 bits per heavy atom. The van der Waals surface area contributed by atoms with E-state index in [1.807, 2.05) is 0 Å². The van der Waals surface area contributed by atoms with E-state index in [1.54, 1.807) is 0 Å². The molecule has 24 N–H and O–H groups in total. The zero-order valence-corrected chi connectivity index (χ0v) is 45.0. The van der Waals surface area contributed by atoms with Crippen LogP contribution in [0.15, 0.2) is 24.4 Å². The molecule has 0 aromatic carbocycles. The van der Waals surface area contributed by atoms with Gasteiger partial charge in [-0.25, -0.2) is 0 Å². The summed E-state index contributed by atoms with van der Waals surface area (Å²) in [6.45, 7) is 2.60. The Morgan fingerprint density at radius 1 is 0.451 bits per heavy atom. The van der Waals surface area contributed by atoms with Gasteiger partial charge in [-0.15, -0.1) is 0 Å². The summed E-state index contributed by atoms with van der Waals surface area (Å²) >= 11 is 0. The molecule has 0 bridgehead atoms. The van der Waals surface area contributed by atoms with Crippen LogP contribution in [0.25, 0.3) is 0 Å². The Kier molecular flexibility index (Phi) is 30.9. The highest BCUT2D eigenvalue weighted by Crippen LogP contribution is 2.05. The first-order valence-electron chi connectivity index (χ1n) is 24.6. The van der Waals surface area contributed by atoms with E-state index in [1.165, 1.54) is 52.1 Å². The number of aromatic nitrogens is 2. The molecule has 0 radical (unpaired) electrons. The molecule has 0 saturated carbocycles. The van der Waals surface area contributed by atoms with Crippen molar-refractivity contribution in [3.8, 4) is 0 Å². The predicted molar refractivity (Wildman–Crippen MR) is 280 cm³/mol. The number of hydrogen-bond donors (Lipinski definition) is 20. The topological polar surface area (TPSA) is 594 Å². The van der Waals surface area contributed by atoms with Gasteiger partial charge in [-0.1, -0.05) is 0 Å². The van der Waals surface area contributed by atoms with Crippen molar-refractivity contribution in [3.05, 3.63) is 47.0 Å². The molecule has 6 atom stereocenters. The quantitative estimate of drug-likeness (QED) is 0.0309. The molecule has 0 fully saturated rings. The van der Waals surface area contributed by atoms with Crippen molar-refractivity contribution < 1.29 is 86.9 Å². The summed E-state index contributed by atoms with van der Waals surface area (Å²) in [4.78, 5) is 192. The van der Waals surface area contributed by atoms with Crippen LogP contribution < -0.4 is 86.7 Å². The van der Waals surface area contributed by atoms with Crippen LogP contribution in [0.2, 0.25) is 0 Å². The first-order chi connectivity index (χ1) is 38.4. The van der Waals surface area contributed by atoms with Crippen LogP contribution in [0, 0.1) is 0 Å². The Balaban J connectivity index is 0.000000820. The summed E-state index contributed by atoms with van der Waals surface area (Å²) in [6, 6.07) is -1.86. The normalized spacial score (nSPS) is 12.6. The molecule has 6 unspecified atom stereocenters. The highest BCUT2D eigenvalue weighted by atomic mass is 16.4. The lowest BCUT2D eigenvalue weighted by Crippen LogP contribution is -2.49. The van der Waals surface area contributed by atoms with E-state index in [9.17, 15) is 76.7 Å². The molecule has 0 spiro atoms. The second-order valence-corrected chi connectivity index (χ2v) is 17.7. The number of H-pyrrole nitrogens is 2. The molecule has 2 heterocycles. The van der Waals surface area contributed by atoms with Crippen LogP contribution in [0.5, 0.6) is 0 Å². The maximum atomic E-state index is 12.3. The van der Waals surface area contributed by atoms with Gasteiger partial charge in [0.2, 0.25) is 70.9 Å². The van der Waals surface area contributed by atoms with E-state index in [-0.39, 0.29) is 50.2 Å². The zero-order valence-electron chi connectivity index (χ0n) is 45.0. The molecule has 0 aliphatic heterocycles. The molecule has 82 heavy (non-hydrogen) atoms. The number of aromatic amines is 2. The molecule has 2 rings (SSSR count). The van der Waals surface area contributed by atoms with E-state index >= 15 is 0 Å². The van der Waals surface area contributed by atoms with Crippen molar-refractivity contribution in [3.63, 3.8) is 0 Å². The molecule has 36 heteroatoms. The average molecular weight is 1160 g/mol. The SMILES string of the molecule is CC(NC(=O)CNC(=O)CNC(=O)c1cc(CNC(=O)C(C)NC(=O)CNC(=O)C(N)CCC(N)=O)c[nH]1)C(=O)O.CC(NC(=O)CNC(=O)CNC(=O)c1ccc(CNC(=O)C(C)NC(=O)CNC(=O)C(N)CCC(N)=O)[nH]1)C(=O)O. The number of carbonyl (C=O) groups excluding carboxylic acids is 14. The number of amides is 14. The number of carboxylic acids is 2. The van der Waals surface area contributed by atoms with Crippen LogP contribution in [0.4, 0.5) is 0 Å². The fraction of sp³-hybridized carbons (Fsp3) is 0.478. The van der Waals surface area contributed by atoms with Crippen LogP contribution in [-0.2, 0) is 80.2 Å². The van der Waals surface area contributed by atoms with Crippen molar-refractivity contribution in [2.24, 2.45) is 22.9 Å². The Morgan fingerprint density at radius 2 is 0.817 bits per heavy atom. The molecule has 0 saturated heterocycles. The van der Waals surface area contributed by atoms with Gasteiger partial charge in [-0.05, 0) is 64.3 Å². The molecule has 0 aliphatic rings. The van der Waals surface area contributed by atoms with Crippen LogP contribution in [0.1, 0.15) is 85.6 Å². The highest BCUT2D eigenvalue weighted by Gasteiger charge is 2.22. The summed E-state index contributed by atoms with van der Waals surface area (Å²) in [5, 5.41) is 45.5. The number of carboxylic acid groups (broad SMARTS) is 2. The minimum atomic E-state index is -1.23. The number of carbonyl (C=O) groups is 16. The van der Waals surface area contributed by atoms with Gasteiger partial charge < -0.3 is 107 Å². The summed E-state index contributed by atoms with van der Waals surface area (Å²) in [5.74, 6) is -11.5. The first-order valence-corrected chi connectivity index (χ1v) is 24.6. The number of nitrogens with one attached hydrogen (secondary N) is 14. The molecule has 452 valence electrons. The van der Waals surface area contributed by atoms with Crippen LogP contribution >= 0.6 is 0 Å². The van der Waals surface area contributed by atoms with Gasteiger partial charge in [0.05, 0.1) is 57.9 Å². The molecule has 2 aromatic rings. The van der Waals surface area contributed by atoms with E-state index in [4.69, 9.17) is 33.1 Å². The van der Waals surface area contributed by atoms with Crippen molar-refractivity contribution in [1.29, 1.82) is 0 Å². The Hall–Kier alpha value is -10.00. The lowest BCUT2D eigenvalue weighted by Gasteiger charge is -2.15. The standard InChI is InChI=1S/2C23H35N9O9/c1-11(30-19(36)10-28-21(38)14(24)4-6-16(25)33)20(37)27-7-13-3-5-15(32-13)22(39)29-8-17(34)26-9-18(35)31-12(2)23(40)41;1-11(31-19(36)10-29-21(38)14(24)3-4-16(25)33)20(37)28-7-13-5-15(26-6-13)22(39)30-8-17(34)27-9-18(35)32-12(2)23(40)41/h3,5,11-12,14,32H,4,6-10,24H2,1-2H3,(H2,25,33)(H,26,34)(H,27,37)(H,28,38)(H,29,39)(H,30,36)(H,31,35)(H,40,41);5-6,11-12,14,26H,3-4,7-10,24H2,1-2H3,(H2,25,33)(H,27,34)(H,28,37)(H,29,38)(H,30,39)(H,31,36)(H,32,35)(H,40,41). The maximum absolute atomic E-state index is 12.3. The second kappa shape index (κ2) is 36.2. The minimum absolute atomic E-state index is 0.00135. The summed E-state index contributed by atoms with van der Waals surface area (Å²) in [6.07, 6.45) is 1.33.